The molecule has 2 aromatic rings. The van der Waals surface area contributed by atoms with Crippen molar-refractivity contribution in [1.29, 1.82) is 0 Å². The second-order valence-electron chi connectivity index (χ2n) is 5.22. The summed E-state index contributed by atoms with van der Waals surface area (Å²) in [5.41, 5.74) is 0. The number of hydrogen-bond acceptors (Lipinski definition) is 3. The van der Waals surface area contributed by atoms with Gasteiger partial charge in [-0.2, -0.15) is 0 Å². The molecular formula is C18H18Cl2FNO3. The van der Waals surface area contributed by atoms with Crippen molar-refractivity contribution in [2.45, 2.75) is 12.8 Å². The van der Waals surface area contributed by atoms with E-state index in [4.69, 9.17) is 32.7 Å². The molecule has 1 N–H and O–H groups in total. The molecule has 2 rings (SSSR count). The van der Waals surface area contributed by atoms with E-state index in [1.807, 2.05) is 0 Å². The van der Waals surface area contributed by atoms with Gasteiger partial charge < -0.3 is 14.8 Å². The molecule has 0 saturated heterocycles. The number of carbonyl (C=O) groups is 1. The summed E-state index contributed by atoms with van der Waals surface area (Å²) in [5, 5.41) is 3.62. The van der Waals surface area contributed by atoms with Crippen LogP contribution in [0.2, 0.25) is 10.0 Å². The monoisotopic (exact) mass is 385 g/mol. The molecule has 0 heterocycles. The van der Waals surface area contributed by atoms with Gasteiger partial charge in [0.25, 0.3) is 5.91 Å². The predicted octanol–water partition coefficient (Wildman–Crippen LogP) is 4.49. The minimum absolute atomic E-state index is 0.118. The van der Waals surface area contributed by atoms with Crippen LogP contribution in [-0.2, 0) is 4.79 Å². The van der Waals surface area contributed by atoms with E-state index >= 15 is 0 Å². The van der Waals surface area contributed by atoms with Crippen LogP contribution >= 0.6 is 23.2 Å². The fourth-order valence-corrected chi connectivity index (χ4v) is 2.43. The van der Waals surface area contributed by atoms with Gasteiger partial charge in [-0.05, 0) is 55.3 Å². The zero-order chi connectivity index (χ0) is 18.1. The summed E-state index contributed by atoms with van der Waals surface area (Å²) in [6.45, 7) is 0.898. The van der Waals surface area contributed by atoms with Gasteiger partial charge >= 0.3 is 0 Å². The van der Waals surface area contributed by atoms with E-state index in [1.165, 1.54) is 12.1 Å². The fourth-order valence-electron chi connectivity index (χ4n) is 1.96. The molecule has 0 aromatic heterocycles. The molecule has 4 nitrogen and oxygen atoms in total. The van der Waals surface area contributed by atoms with Crippen LogP contribution in [0.1, 0.15) is 12.8 Å². The number of halogens is 3. The third kappa shape index (κ3) is 7.20. The Morgan fingerprint density at radius 1 is 1.04 bits per heavy atom. The number of unbranched alkanes of at least 4 members (excludes halogenated alkanes) is 1. The summed E-state index contributed by atoms with van der Waals surface area (Å²) >= 11 is 11.7. The lowest BCUT2D eigenvalue weighted by atomic mass is 10.3. The topological polar surface area (TPSA) is 47.6 Å². The lowest BCUT2D eigenvalue weighted by molar-refractivity contribution is -0.123. The van der Waals surface area contributed by atoms with Crippen LogP contribution in [0.4, 0.5) is 4.39 Å². The molecule has 1 amide bonds. The fraction of sp³-hybridized carbons (Fsp3) is 0.278. The first-order valence-electron chi connectivity index (χ1n) is 7.77. The van der Waals surface area contributed by atoms with Crippen LogP contribution in [0.25, 0.3) is 0 Å². The van der Waals surface area contributed by atoms with Gasteiger partial charge in [-0.25, -0.2) is 4.39 Å². The smallest absolute Gasteiger partial charge is 0.257 e. The minimum Gasteiger partial charge on any atom is -0.494 e. The number of ether oxygens (including phenoxy) is 2. The molecule has 0 atom stereocenters. The molecule has 25 heavy (non-hydrogen) atoms. The average molecular weight is 386 g/mol. The first-order chi connectivity index (χ1) is 12.0. The second kappa shape index (κ2) is 10.1. The number of rotatable bonds is 9. The SMILES string of the molecule is O=C(COc1ccc(Cl)cc1Cl)NCCCCOc1ccc(F)cc1. The van der Waals surface area contributed by atoms with Crippen molar-refractivity contribution >= 4 is 29.1 Å². The third-order valence-electron chi connectivity index (χ3n) is 3.23. The molecule has 0 aliphatic carbocycles. The number of hydrogen-bond donors (Lipinski definition) is 1. The molecule has 134 valence electrons. The van der Waals surface area contributed by atoms with E-state index in [0.717, 1.165) is 12.8 Å². The number of benzene rings is 2. The van der Waals surface area contributed by atoms with Gasteiger partial charge in [0.05, 0.1) is 11.6 Å². The Bertz CT molecular complexity index is 695. The maximum Gasteiger partial charge on any atom is 0.257 e. The number of nitrogens with one attached hydrogen (secondary N) is 1. The van der Waals surface area contributed by atoms with Crippen LogP contribution in [0.15, 0.2) is 42.5 Å². The Morgan fingerprint density at radius 3 is 2.52 bits per heavy atom. The van der Waals surface area contributed by atoms with Crippen LogP contribution in [-0.4, -0.2) is 25.7 Å². The molecule has 7 heteroatoms. The maximum atomic E-state index is 12.7. The highest BCUT2D eigenvalue weighted by atomic mass is 35.5. The van der Waals surface area contributed by atoms with Gasteiger partial charge in [0.15, 0.2) is 6.61 Å². The van der Waals surface area contributed by atoms with Gasteiger partial charge in [0, 0.05) is 11.6 Å². The van der Waals surface area contributed by atoms with E-state index in [9.17, 15) is 9.18 Å². The summed E-state index contributed by atoms with van der Waals surface area (Å²) in [7, 11) is 0. The standard InChI is InChI=1S/C18H18Cl2FNO3/c19-13-3-8-17(16(20)11-13)25-12-18(23)22-9-1-2-10-24-15-6-4-14(21)5-7-15/h3-8,11H,1-2,9-10,12H2,(H,22,23). The summed E-state index contributed by atoms with van der Waals surface area (Å²) < 4.78 is 23.6. The van der Waals surface area contributed by atoms with Crippen molar-refractivity contribution in [2.24, 2.45) is 0 Å². The largest absolute Gasteiger partial charge is 0.494 e. The normalized spacial score (nSPS) is 10.4. The van der Waals surface area contributed by atoms with E-state index in [1.54, 1.807) is 30.3 Å². The Balaban J connectivity index is 1.55. The Labute approximate surface area is 155 Å². The highest BCUT2D eigenvalue weighted by Crippen LogP contribution is 2.27. The van der Waals surface area contributed by atoms with Crippen molar-refractivity contribution in [2.75, 3.05) is 19.8 Å². The predicted molar refractivity (Wildman–Crippen MR) is 96.1 cm³/mol. The maximum absolute atomic E-state index is 12.7. The summed E-state index contributed by atoms with van der Waals surface area (Å²) in [4.78, 5) is 11.7. The van der Waals surface area contributed by atoms with E-state index in [-0.39, 0.29) is 18.3 Å². The zero-order valence-corrected chi connectivity index (χ0v) is 14.9. The molecule has 0 saturated carbocycles. The van der Waals surface area contributed by atoms with Crippen molar-refractivity contribution in [3.8, 4) is 11.5 Å². The molecule has 0 bridgehead atoms. The minimum atomic E-state index is -0.294. The lowest BCUT2D eigenvalue weighted by Gasteiger charge is -2.09. The number of carbonyl (C=O) groups excluding carboxylic acids is 1. The van der Waals surface area contributed by atoms with Crippen LogP contribution < -0.4 is 14.8 Å². The molecule has 2 aromatic carbocycles. The third-order valence-corrected chi connectivity index (χ3v) is 3.76. The lowest BCUT2D eigenvalue weighted by Crippen LogP contribution is -2.29. The Hall–Kier alpha value is -1.98. The summed E-state index contributed by atoms with van der Waals surface area (Å²) in [5.74, 6) is 0.509. The highest BCUT2D eigenvalue weighted by molar-refractivity contribution is 6.35. The highest BCUT2D eigenvalue weighted by Gasteiger charge is 2.06. The van der Waals surface area contributed by atoms with Crippen LogP contribution in [0, 0.1) is 5.82 Å². The van der Waals surface area contributed by atoms with E-state index < -0.39 is 0 Å². The van der Waals surface area contributed by atoms with Crippen molar-refractivity contribution in [1.82, 2.24) is 5.32 Å². The molecule has 0 aliphatic rings. The van der Waals surface area contributed by atoms with E-state index in [0.29, 0.717) is 34.7 Å². The van der Waals surface area contributed by atoms with Crippen LogP contribution in [0.3, 0.4) is 0 Å². The van der Waals surface area contributed by atoms with Crippen molar-refractivity contribution in [3.63, 3.8) is 0 Å². The van der Waals surface area contributed by atoms with Crippen molar-refractivity contribution < 1.29 is 18.7 Å². The average Bonchev–Trinajstić information content (AvgIpc) is 2.59. The van der Waals surface area contributed by atoms with E-state index in [2.05, 4.69) is 5.32 Å². The molecular weight excluding hydrogens is 368 g/mol. The van der Waals surface area contributed by atoms with Gasteiger partial charge in [0.2, 0.25) is 0 Å². The second-order valence-corrected chi connectivity index (χ2v) is 6.07. The first-order valence-corrected chi connectivity index (χ1v) is 8.53. The Morgan fingerprint density at radius 2 is 1.80 bits per heavy atom. The van der Waals surface area contributed by atoms with Gasteiger partial charge in [-0.15, -0.1) is 0 Å². The molecule has 0 aliphatic heterocycles. The van der Waals surface area contributed by atoms with Gasteiger partial charge in [-0.3, -0.25) is 4.79 Å². The van der Waals surface area contributed by atoms with Gasteiger partial charge in [0.1, 0.15) is 17.3 Å². The molecule has 0 spiro atoms. The molecule has 0 unspecified atom stereocenters. The quantitative estimate of drug-likeness (QED) is 0.647. The Kier molecular flexibility index (Phi) is 7.82. The van der Waals surface area contributed by atoms with Crippen molar-refractivity contribution in [3.05, 3.63) is 58.3 Å². The summed E-state index contributed by atoms with van der Waals surface area (Å²) in [6.07, 6.45) is 1.52. The molecule has 0 radical (unpaired) electrons. The molecule has 0 fully saturated rings. The zero-order valence-electron chi connectivity index (χ0n) is 13.4. The summed E-state index contributed by atoms with van der Waals surface area (Å²) in [6, 6.07) is 10.7. The first kappa shape index (κ1) is 19.3. The van der Waals surface area contributed by atoms with Crippen LogP contribution in [0.5, 0.6) is 11.5 Å². The van der Waals surface area contributed by atoms with Gasteiger partial charge in [-0.1, -0.05) is 23.2 Å². The number of amides is 1.